The zero-order valence-corrected chi connectivity index (χ0v) is 47.4. The molecule has 0 spiro atoms. The van der Waals surface area contributed by atoms with E-state index in [-0.39, 0.29) is 25.9 Å². The molecule has 0 amide bonds. The smallest absolute Gasteiger partial charge is 0.462 e. The summed E-state index contributed by atoms with van der Waals surface area (Å²) < 4.78 is 39.4. The number of allylic oxidation sites excluding steroid dienone is 18. The molecule has 0 saturated carbocycles. The number of aliphatic hydroxyl groups is 1. The average Bonchev–Trinajstić information content (AvgIpc) is 3.39. The van der Waals surface area contributed by atoms with E-state index in [9.17, 15) is 28.9 Å². The van der Waals surface area contributed by atoms with E-state index < -0.39 is 57.8 Å². The molecule has 0 heterocycles. The van der Waals surface area contributed by atoms with E-state index in [4.69, 9.17) is 23.3 Å². The van der Waals surface area contributed by atoms with Gasteiger partial charge >= 0.3 is 25.7 Å². The van der Waals surface area contributed by atoms with Crippen LogP contribution in [0.15, 0.2) is 109 Å². The van der Waals surface area contributed by atoms with Gasteiger partial charge in [-0.25, -0.2) is 4.57 Å². The maximum absolute atomic E-state index is 12.9. The lowest BCUT2D eigenvalue weighted by Gasteiger charge is -2.21. The van der Waals surface area contributed by atoms with Crippen LogP contribution in [0.3, 0.4) is 0 Å². The lowest BCUT2D eigenvalue weighted by molar-refractivity contribution is -0.161. The van der Waals surface area contributed by atoms with Crippen LogP contribution in [0, 0.1) is 0 Å². The van der Waals surface area contributed by atoms with Crippen molar-refractivity contribution in [1.29, 1.82) is 0 Å². The molecule has 12 heteroatoms. The van der Waals surface area contributed by atoms with Crippen LogP contribution in [0.4, 0.5) is 0 Å². The number of carbonyl (C=O) groups is 3. The average molecular weight is 1060 g/mol. The third-order valence-electron chi connectivity index (χ3n) is 11.7. The number of aliphatic hydroxyl groups excluding tert-OH is 1. The highest BCUT2D eigenvalue weighted by molar-refractivity contribution is 7.47. The van der Waals surface area contributed by atoms with Gasteiger partial charge in [0.05, 0.1) is 19.8 Å². The lowest BCUT2D eigenvalue weighted by Crippen LogP contribution is -2.30. The molecule has 3 unspecified atom stereocenters. The summed E-state index contributed by atoms with van der Waals surface area (Å²) in [6.45, 7) is 4.30. The zero-order chi connectivity index (χ0) is 54.1. The quantitative estimate of drug-likeness (QED) is 0.0197. The van der Waals surface area contributed by atoms with Crippen LogP contribution in [0.5, 0.6) is 0 Å². The Labute approximate surface area is 450 Å². The minimum atomic E-state index is -4.77. The third-order valence-corrected chi connectivity index (χ3v) is 12.7. The van der Waals surface area contributed by atoms with Gasteiger partial charge in [0.2, 0.25) is 0 Å². The van der Waals surface area contributed by atoms with Crippen LogP contribution in [0.25, 0.3) is 0 Å². The second-order valence-corrected chi connectivity index (χ2v) is 20.1. The molecule has 0 bridgehead atoms. The minimum absolute atomic E-state index is 0.0961. The maximum Gasteiger partial charge on any atom is 0.472 e. The fourth-order valence-corrected chi connectivity index (χ4v) is 8.18. The van der Waals surface area contributed by atoms with Crippen LogP contribution in [0.1, 0.15) is 226 Å². The number of carbonyl (C=O) groups excluding carboxylic acids is 3. The maximum atomic E-state index is 12.9. The number of hydrogen-bond donors (Lipinski definition) is 2. The van der Waals surface area contributed by atoms with Crippen molar-refractivity contribution in [1.82, 2.24) is 0 Å². The van der Waals surface area contributed by atoms with E-state index in [0.29, 0.717) is 19.3 Å². The van der Waals surface area contributed by atoms with Gasteiger partial charge in [-0.15, -0.1) is 0 Å². The molecule has 3 atom stereocenters. The van der Waals surface area contributed by atoms with Gasteiger partial charge in [0.15, 0.2) is 6.10 Å². The lowest BCUT2D eigenvalue weighted by atomic mass is 10.0. The molecule has 422 valence electrons. The van der Waals surface area contributed by atoms with Gasteiger partial charge in [-0.2, -0.15) is 0 Å². The van der Waals surface area contributed by atoms with E-state index in [2.05, 4.69) is 118 Å². The van der Waals surface area contributed by atoms with E-state index >= 15 is 0 Å². The van der Waals surface area contributed by atoms with Crippen LogP contribution in [-0.2, 0) is 42.2 Å². The van der Waals surface area contributed by atoms with Crippen molar-refractivity contribution in [3.8, 4) is 0 Å². The number of ether oxygens (including phenoxy) is 3. The third kappa shape index (κ3) is 53.0. The number of phosphoric acid groups is 1. The first-order valence-corrected chi connectivity index (χ1v) is 30.3. The van der Waals surface area contributed by atoms with E-state index in [0.717, 1.165) is 96.3 Å². The molecule has 2 N–H and O–H groups in total. The molecule has 0 saturated heterocycles. The molecule has 0 aliphatic rings. The summed E-state index contributed by atoms with van der Waals surface area (Å²) in [5.41, 5.74) is 0. The molecule has 11 nitrogen and oxygen atoms in total. The monoisotopic (exact) mass is 1050 g/mol. The largest absolute Gasteiger partial charge is 0.472 e. The number of esters is 3. The Morgan fingerprint density at radius 1 is 0.392 bits per heavy atom. The van der Waals surface area contributed by atoms with E-state index in [1.165, 1.54) is 70.6 Å². The van der Waals surface area contributed by atoms with E-state index in [1.54, 1.807) is 0 Å². The fraction of sp³-hybridized carbons (Fsp3) is 0.661. The molecule has 0 aliphatic heterocycles. The summed E-state index contributed by atoms with van der Waals surface area (Å²) in [4.78, 5) is 48.5. The van der Waals surface area contributed by atoms with Crippen molar-refractivity contribution in [3.05, 3.63) is 109 Å². The highest BCUT2D eigenvalue weighted by Crippen LogP contribution is 2.43. The first-order valence-electron chi connectivity index (χ1n) is 28.8. The van der Waals surface area contributed by atoms with Crippen molar-refractivity contribution >= 4 is 25.7 Å². The predicted molar refractivity (Wildman–Crippen MR) is 307 cm³/mol. The summed E-state index contributed by atoms with van der Waals surface area (Å²) in [5, 5.41) is 9.80. The van der Waals surface area contributed by atoms with Crippen molar-refractivity contribution in [2.75, 3.05) is 26.4 Å². The molecule has 74 heavy (non-hydrogen) atoms. The van der Waals surface area contributed by atoms with Gasteiger partial charge in [0.25, 0.3) is 0 Å². The topological polar surface area (TPSA) is 155 Å². The SMILES string of the molecule is CC/C=C\C/C=C\C/C=C\C/C=C\C/C=C\C/C=C\CCC(=O)OCC(COP(=O)(O)OCC(CO)OC(=O)CCCCC/C=C\C/C=C\C/C=C\CC)OC(=O)CCCCCCCCCCCCCCCCC. The molecule has 0 aliphatic carbocycles. The zero-order valence-electron chi connectivity index (χ0n) is 46.5. The molecule has 0 aromatic heterocycles. The Balaban J connectivity index is 4.86. The molecular weight excluding hydrogens is 952 g/mol. The predicted octanol–water partition coefficient (Wildman–Crippen LogP) is 17.0. The van der Waals surface area contributed by atoms with Crippen molar-refractivity contribution < 1.29 is 52.2 Å². The first kappa shape index (κ1) is 70.1. The van der Waals surface area contributed by atoms with Gasteiger partial charge < -0.3 is 24.2 Å². The molecule has 0 rings (SSSR count). The van der Waals surface area contributed by atoms with Crippen molar-refractivity contribution in [2.45, 2.75) is 238 Å². The summed E-state index contributed by atoms with van der Waals surface area (Å²) in [7, 11) is -4.77. The van der Waals surface area contributed by atoms with Gasteiger partial charge in [0.1, 0.15) is 12.7 Å². The Morgan fingerprint density at radius 2 is 0.730 bits per heavy atom. The van der Waals surface area contributed by atoms with Gasteiger partial charge in [0, 0.05) is 19.3 Å². The van der Waals surface area contributed by atoms with Gasteiger partial charge in [-0.05, 0) is 89.9 Å². The number of unbranched alkanes of at least 4 members (excludes halogenated alkanes) is 17. The standard InChI is InChI=1S/C62H103O11P/c1-4-7-10-13-16-19-22-25-27-28-29-30-32-34-36-39-42-45-48-51-60(64)69-55-59(73-62(66)53-50-47-44-41-38-35-31-26-23-20-17-14-11-8-5-2)57-71-74(67,68)70-56-58(54-63)72-61(65)52-49-46-43-40-37-33-24-21-18-15-12-9-6-3/h7,9-10,12,16,18-19,21,25,27,29-30,33-34,36-37,42,45,58-59,63H,4-6,8,11,13-15,17,20,22-24,26,28,31-32,35,38-41,43-44,46-57H2,1-3H3,(H,67,68)/b10-7-,12-9-,19-16-,21-18-,27-25-,30-29-,36-34-,37-33-,45-42-. The number of hydrogen-bond acceptors (Lipinski definition) is 10. The highest BCUT2D eigenvalue weighted by Gasteiger charge is 2.28. The molecule has 0 aromatic rings. The first-order chi connectivity index (χ1) is 36.2. The van der Waals surface area contributed by atoms with Gasteiger partial charge in [-0.1, -0.05) is 226 Å². The fourth-order valence-electron chi connectivity index (χ4n) is 7.40. The molecule has 0 fully saturated rings. The Morgan fingerprint density at radius 3 is 1.14 bits per heavy atom. The van der Waals surface area contributed by atoms with Crippen LogP contribution >= 0.6 is 7.82 Å². The summed E-state index contributed by atoms with van der Waals surface area (Å²) in [6.07, 6.45) is 66.4. The van der Waals surface area contributed by atoms with Gasteiger partial charge in [-0.3, -0.25) is 23.4 Å². The molecule has 0 radical (unpaired) electrons. The Bertz CT molecular complexity index is 1660. The number of phosphoric ester groups is 1. The summed E-state index contributed by atoms with van der Waals surface area (Å²) >= 11 is 0. The number of rotatable bonds is 52. The molecule has 0 aromatic carbocycles. The normalized spacial score (nSPS) is 14.2. The Kier molecular flexibility index (Phi) is 52.5. The van der Waals surface area contributed by atoms with Crippen LogP contribution < -0.4 is 0 Å². The minimum Gasteiger partial charge on any atom is -0.462 e. The summed E-state index contributed by atoms with van der Waals surface area (Å²) in [5.74, 6) is -1.60. The Hall–Kier alpha value is -3.86. The molecular formula is C62H103O11P. The second kappa shape index (κ2) is 55.4. The van der Waals surface area contributed by atoms with Crippen LogP contribution in [0.2, 0.25) is 0 Å². The highest BCUT2D eigenvalue weighted by atomic mass is 31.2. The van der Waals surface area contributed by atoms with E-state index in [1.807, 2.05) is 12.2 Å². The van der Waals surface area contributed by atoms with Crippen molar-refractivity contribution in [3.63, 3.8) is 0 Å². The van der Waals surface area contributed by atoms with Crippen LogP contribution in [-0.4, -0.2) is 66.5 Å². The summed E-state index contributed by atoms with van der Waals surface area (Å²) in [6, 6.07) is 0. The second-order valence-electron chi connectivity index (χ2n) is 18.7. The van der Waals surface area contributed by atoms with Crippen molar-refractivity contribution in [2.24, 2.45) is 0 Å².